The number of amides is 1. The summed E-state index contributed by atoms with van der Waals surface area (Å²) in [6.45, 7) is 4.27. The van der Waals surface area contributed by atoms with E-state index in [1.807, 2.05) is 4.90 Å². The van der Waals surface area contributed by atoms with Gasteiger partial charge in [-0.3, -0.25) is 9.78 Å². The number of carbonyl (C=O) groups excluding carboxylic acids is 1. The van der Waals surface area contributed by atoms with Crippen molar-refractivity contribution >= 4 is 5.91 Å². The monoisotopic (exact) mass is 286 g/mol. The van der Waals surface area contributed by atoms with Crippen LogP contribution in [0.5, 0.6) is 0 Å². The smallest absolute Gasteiger partial charge is 0.255 e. The number of aromatic nitrogens is 1. The molecule has 2 unspecified atom stereocenters. The average molecular weight is 286 g/mol. The van der Waals surface area contributed by atoms with Gasteiger partial charge in [-0.25, -0.2) is 0 Å². The van der Waals surface area contributed by atoms with Crippen LogP contribution in [0.15, 0.2) is 18.5 Å². The lowest BCUT2D eigenvalue weighted by molar-refractivity contribution is 0.0676. The fraction of sp³-hybridized carbons (Fsp3) is 0.529. The number of aliphatic hydroxyl groups is 1. The maximum atomic E-state index is 12.7. The molecular weight excluding hydrogens is 264 g/mol. The van der Waals surface area contributed by atoms with Gasteiger partial charge in [0, 0.05) is 36.5 Å². The Kier molecular flexibility index (Phi) is 5.35. The molecule has 1 amide bonds. The first kappa shape index (κ1) is 15.5. The zero-order valence-corrected chi connectivity index (χ0v) is 12.7. The van der Waals surface area contributed by atoms with Gasteiger partial charge in [-0.1, -0.05) is 18.8 Å². The molecule has 1 aromatic heterocycles. The van der Waals surface area contributed by atoms with E-state index < -0.39 is 0 Å². The second kappa shape index (κ2) is 7.24. The molecule has 1 fully saturated rings. The van der Waals surface area contributed by atoms with Gasteiger partial charge in [0.15, 0.2) is 0 Å². The molecule has 0 bridgehead atoms. The molecule has 4 nitrogen and oxygen atoms in total. The summed E-state index contributed by atoms with van der Waals surface area (Å²) in [5.74, 6) is 5.82. The molecule has 0 saturated carbocycles. The highest BCUT2D eigenvalue weighted by Gasteiger charge is 2.33. The average Bonchev–Trinajstić information content (AvgIpc) is 2.88. The van der Waals surface area contributed by atoms with Crippen molar-refractivity contribution in [1.82, 2.24) is 9.88 Å². The Morgan fingerprint density at radius 1 is 1.48 bits per heavy atom. The predicted octanol–water partition coefficient (Wildman–Crippen LogP) is 2.22. The Labute approximate surface area is 126 Å². The number of aliphatic hydroxyl groups excluding tert-OH is 1. The highest BCUT2D eigenvalue weighted by Crippen LogP contribution is 2.27. The van der Waals surface area contributed by atoms with E-state index in [4.69, 9.17) is 5.11 Å². The standard InChI is InChI=1S/C17H22N2O2/c1-3-16-8-7-13(2)19(16)17(21)15-10-14(11-18-12-15)6-4-5-9-20/h10-13,16,20H,3,5,7-9H2,1-2H3. The SMILES string of the molecule is CCC1CCC(C)N1C(=O)c1cncc(C#CCCO)c1. The maximum absolute atomic E-state index is 12.7. The molecule has 21 heavy (non-hydrogen) atoms. The number of carbonyl (C=O) groups is 1. The molecule has 0 spiro atoms. The van der Waals surface area contributed by atoms with E-state index in [1.165, 1.54) is 0 Å². The number of rotatable bonds is 3. The van der Waals surface area contributed by atoms with Gasteiger partial charge in [0.25, 0.3) is 5.91 Å². The zero-order chi connectivity index (χ0) is 15.2. The minimum absolute atomic E-state index is 0.0442. The van der Waals surface area contributed by atoms with Gasteiger partial charge in [-0.05, 0) is 32.3 Å². The van der Waals surface area contributed by atoms with Crippen molar-refractivity contribution in [2.75, 3.05) is 6.61 Å². The molecule has 1 aliphatic rings. The van der Waals surface area contributed by atoms with Crippen molar-refractivity contribution in [3.63, 3.8) is 0 Å². The Morgan fingerprint density at radius 2 is 2.29 bits per heavy atom. The Bertz CT molecular complexity index is 559. The summed E-state index contributed by atoms with van der Waals surface area (Å²) in [6, 6.07) is 2.40. The van der Waals surface area contributed by atoms with Crippen molar-refractivity contribution in [3.05, 3.63) is 29.6 Å². The van der Waals surface area contributed by atoms with Gasteiger partial charge in [0.2, 0.25) is 0 Å². The molecule has 0 radical (unpaired) electrons. The van der Waals surface area contributed by atoms with E-state index >= 15 is 0 Å². The first-order valence-electron chi connectivity index (χ1n) is 7.54. The number of pyridine rings is 1. The second-order valence-electron chi connectivity index (χ2n) is 5.44. The highest BCUT2D eigenvalue weighted by molar-refractivity contribution is 5.94. The van der Waals surface area contributed by atoms with E-state index in [0.29, 0.717) is 23.6 Å². The predicted molar refractivity (Wildman–Crippen MR) is 81.8 cm³/mol. The van der Waals surface area contributed by atoms with Gasteiger partial charge in [-0.15, -0.1) is 0 Å². The number of likely N-dealkylation sites (tertiary alicyclic amines) is 1. The van der Waals surface area contributed by atoms with Crippen LogP contribution < -0.4 is 0 Å². The van der Waals surface area contributed by atoms with Gasteiger partial charge in [-0.2, -0.15) is 0 Å². The second-order valence-corrected chi connectivity index (χ2v) is 5.44. The Morgan fingerprint density at radius 3 is 3.00 bits per heavy atom. The van der Waals surface area contributed by atoms with Crippen LogP contribution in [-0.4, -0.2) is 39.6 Å². The van der Waals surface area contributed by atoms with Crippen LogP contribution >= 0.6 is 0 Å². The van der Waals surface area contributed by atoms with Crippen molar-refractivity contribution in [3.8, 4) is 11.8 Å². The van der Waals surface area contributed by atoms with Crippen molar-refractivity contribution in [2.24, 2.45) is 0 Å². The summed E-state index contributed by atoms with van der Waals surface area (Å²) < 4.78 is 0. The number of hydrogen-bond donors (Lipinski definition) is 1. The summed E-state index contributed by atoms with van der Waals surface area (Å²) in [5, 5.41) is 8.74. The molecule has 1 aliphatic heterocycles. The largest absolute Gasteiger partial charge is 0.395 e. The van der Waals surface area contributed by atoms with E-state index in [1.54, 1.807) is 18.5 Å². The summed E-state index contributed by atoms with van der Waals surface area (Å²) in [4.78, 5) is 18.8. The number of nitrogens with zero attached hydrogens (tertiary/aromatic N) is 2. The molecular formula is C17H22N2O2. The molecule has 1 saturated heterocycles. The Hall–Kier alpha value is -1.86. The van der Waals surface area contributed by atoms with E-state index in [0.717, 1.165) is 19.3 Å². The topological polar surface area (TPSA) is 53.4 Å². The summed E-state index contributed by atoms with van der Waals surface area (Å²) in [5.41, 5.74) is 1.31. The van der Waals surface area contributed by atoms with Crippen LogP contribution in [0, 0.1) is 11.8 Å². The van der Waals surface area contributed by atoms with Gasteiger partial charge >= 0.3 is 0 Å². The molecule has 4 heteroatoms. The molecule has 1 N–H and O–H groups in total. The molecule has 2 rings (SSSR count). The van der Waals surface area contributed by atoms with Crippen LogP contribution in [0.1, 0.15) is 55.5 Å². The van der Waals surface area contributed by atoms with Crippen LogP contribution in [0.25, 0.3) is 0 Å². The molecule has 1 aromatic rings. The van der Waals surface area contributed by atoms with E-state index in [2.05, 4.69) is 30.7 Å². The molecule has 0 aliphatic carbocycles. The lowest BCUT2D eigenvalue weighted by Gasteiger charge is -2.28. The summed E-state index contributed by atoms with van der Waals surface area (Å²) in [7, 11) is 0. The van der Waals surface area contributed by atoms with Crippen LogP contribution in [0.3, 0.4) is 0 Å². The number of hydrogen-bond acceptors (Lipinski definition) is 3. The highest BCUT2D eigenvalue weighted by atomic mass is 16.2. The van der Waals surface area contributed by atoms with Gasteiger partial charge < -0.3 is 10.0 Å². The van der Waals surface area contributed by atoms with Crippen LogP contribution in [0.2, 0.25) is 0 Å². The third-order valence-corrected chi connectivity index (χ3v) is 3.95. The molecule has 112 valence electrons. The summed E-state index contributed by atoms with van der Waals surface area (Å²) in [6.07, 6.45) is 6.81. The summed E-state index contributed by atoms with van der Waals surface area (Å²) >= 11 is 0. The third-order valence-electron chi connectivity index (χ3n) is 3.95. The Balaban J connectivity index is 2.20. The zero-order valence-electron chi connectivity index (χ0n) is 12.7. The van der Waals surface area contributed by atoms with Crippen molar-refractivity contribution in [2.45, 2.75) is 51.6 Å². The van der Waals surface area contributed by atoms with Crippen molar-refractivity contribution < 1.29 is 9.90 Å². The minimum Gasteiger partial charge on any atom is -0.395 e. The maximum Gasteiger partial charge on any atom is 0.255 e. The lowest BCUT2D eigenvalue weighted by atomic mass is 10.1. The first-order chi connectivity index (χ1) is 10.2. The van der Waals surface area contributed by atoms with Crippen molar-refractivity contribution in [1.29, 1.82) is 0 Å². The molecule has 2 atom stereocenters. The normalized spacial score (nSPS) is 21.0. The fourth-order valence-corrected chi connectivity index (χ4v) is 2.83. The first-order valence-corrected chi connectivity index (χ1v) is 7.54. The van der Waals surface area contributed by atoms with Gasteiger partial charge in [0.1, 0.15) is 0 Å². The van der Waals surface area contributed by atoms with Crippen LogP contribution in [-0.2, 0) is 0 Å². The molecule has 0 aromatic carbocycles. The fourth-order valence-electron chi connectivity index (χ4n) is 2.83. The quantitative estimate of drug-likeness (QED) is 0.867. The third kappa shape index (κ3) is 3.62. The van der Waals surface area contributed by atoms with Gasteiger partial charge in [0.05, 0.1) is 12.2 Å². The molecule has 2 heterocycles. The van der Waals surface area contributed by atoms with Crippen LogP contribution in [0.4, 0.5) is 0 Å². The lowest BCUT2D eigenvalue weighted by Crippen LogP contribution is -2.39. The minimum atomic E-state index is 0.0442. The van der Waals surface area contributed by atoms with E-state index in [9.17, 15) is 4.79 Å². The van der Waals surface area contributed by atoms with E-state index in [-0.39, 0.29) is 18.6 Å².